The van der Waals surface area contributed by atoms with E-state index in [1.807, 2.05) is 12.1 Å². The van der Waals surface area contributed by atoms with Crippen LogP contribution in [-0.4, -0.2) is 29.6 Å². The standard InChI is InChI=1S/C20H18N4O3/c1-26-20(25)14-6-8-15(9-7-14)27-19-17(21)18(22-12-23-19)24-11-10-13-4-2-3-5-16(13)24/h2-9,12H,10-11,21H2,1H3. The van der Waals surface area contributed by atoms with Crippen molar-refractivity contribution in [2.24, 2.45) is 0 Å². The molecule has 7 nitrogen and oxygen atoms in total. The second kappa shape index (κ2) is 6.95. The molecule has 4 rings (SSSR count). The van der Waals surface area contributed by atoms with Gasteiger partial charge >= 0.3 is 5.97 Å². The molecule has 1 aromatic heterocycles. The van der Waals surface area contributed by atoms with Gasteiger partial charge in [-0.15, -0.1) is 0 Å². The number of hydrogen-bond donors (Lipinski definition) is 1. The molecular weight excluding hydrogens is 344 g/mol. The van der Waals surface area contributed by atoms with Crippen molar-refractivity contribution >= 4 is 23.2 Å². The van der Waals surface area contributed by atoms with Crippen LogP contribution < -0.4 is 15.4 Å². The minimum Gasteiger partial charge on any atom is -0.465 e. The van der Waals surface area contributed by atoms with Crippen LogP contribution in [0.3, 0.4) is 0 Å². The van der Waals surface area contributed by atoms with E-state index in [1.54, 1.807) is 24.3 Å². The Labute approximate surface area is 156 Å². The monoisotopic (exact) mass is 362 g/mol. The zero-order chi connectivity index (χ0) is 18.8. The summed E-state index contributed by atoms with van der Waals surface area (Å²) >= 11 is 0. The van der Waals surface area contributed by atoms with Crippen LogP contribution in [0, 0.1) is 0 Å². The first-order chi connectivity index (χ1) is 13.2. The van der Waals surface area contributed by atoms with Crippen LogP contribution in [0.4, 0.5) is 17.2 Å². The van der Waals surface area contributed by atoms with Crippen LogP contribution in [-0.2, 0) is 11.2 Å². The number of nitrogens with two attached hydrogens (primary N) is 1. The van der Waals surface area contributed by atoms with Gasteiger partial charge in [-0.1, -0.05) is 18.2 Å². The number of para-hydroxylation sites is 1. The highest BCUT2D eigenvalue weighted by Crippen LogP contribution is 2.39. The highest BCUT2D eigenvalue weighted by molar-refractivity contribution is 5.89. The molecule has 0 saturated carbocycles. The van der Waals surface area contributed by atoms with Crippen molar-refractivity contribution in [2.75, 3.05) is 24.3 Å². The summed E-state index contributed by atoms with van der Waals surface area (Å²) in [5.74, 6) is 1.00. The number of hydrogen-bond acceptors (Lipinski definition) is 7. The van der Waals surface area contributed by atoms with Crippen molar-refractivity contribution < 1.29 is 14.3 Å². The molecule has 136 valence electrons. The molecule has 1 aliphatic heterocycles. The number of aromatic nitrogens is 2. The maximum absolute atomic E-state index is 11.5. The first-order valence-corrected chi connectivity index (χ1v) is 8.49. The van der Waals surface area contributed by atoms with Gasteiger partial charge in [0.15, 0.2) is 5.82 Å². The number of carbonyl (C=O) groups is 1. The van der Waals surface area contributed by atoms with Crippen molar-refractivity contribution in [3.63, 3.8) is 0 Å². The highest BCUT2D eigenvalue weighted by atomic mass is 16.5. The third-order valence-corrected chi connectivity index (χ3v) is 4.46. The Hall–Kier alpha value is -3.61. The van der Waals surface area contributed by atoms with E-state index in [4.69, 9.17) is 10.5 Å². The maximum Gasteiger partial charge on any atom is 0.337 e. The molecule has 7 heteroatoms. The third kappa shape index (κ3) is 3.15. The van der Waals surface area contributed by atoms with E-state index >= 15 is 0 Å². The van der Waals surface area contributed by atoms with Gasteiger partial charge < -0.3 is 20.1 Å². The van der Waals surface area contributed by atoms with Gasteiger partial charge in [0.25, 0.3) is 0 Å². The van der Waals surface area contributed by atoms with Crippen LogP contribution in [0.25, 0.3) is 0 Å². The van der Waals surface area contributed by atoms with Crippen LogP contribution in [0.1, 0.15) is 15.9 Å². The summed E-state index contributed by atoms with van der Waals surface area (Å²) in [6, 6.07) is 14.7. The van der Waals surface area contributed by atoms with Crippen LogP contribution in [0.2, 0.25) is 0 Å². The molecule has 0 saturated heterocycles. The molecule has 1 aliphatic rings. The van der Waals surface area contributed by atoms with E-state index < -0.39 is 5.97 Å². The Morgan fingerprint density at radius 2 is 1.89 bits per heavy atom. The fourth-order valence-electron chi connectivity index (χ4n) is 3.11. The Morgan fingerprint density at radius 3 is 2.67 bits per heavy atom. The van der Waals surface area contributed by atoms with Crippen LogP contribution >= 0.6 is 0 Å². The van der Waals surface area contributed by atoms with Gasteiger partial charge in [-0.05, 0) is 42.3 Å². The Kier molecular flexibility index (Phi) is 4.33. The summed E-state index contributed by atoms with van der Waals surface area (Å²) in [5, 5.41) is 0. The number of ether oxygens (including phenoxy) is 2. The number of esters is 1. The Morgan fingerprint density at radius 1 is 1.11 bits per heavy atom. The fourth-order valence-corrected chi connectivity index (χ4v) is 3.11. The maximum atomic E-state index is 11.5. The zero-order valence-corrected chi connectivity index (χ0v) is 14.8. The Bertz CT molecular complexity index is 989. The van der Waals surface area contributed by atoms with Crippen LogP contribution in [0.15, 0.2) is 54.9 Å². The molecule has 2 heterocycles. The van der Waals surface area contributed by atoms with Crippen molar-refractivity contribution in [1.29, 1.82) is 0 Å². The number of nitrogen functional groups attached to an aromatic ring is 1. The molecule has 2 N–H and O–H groups in total. The molecule has 27 heavy (non-hydrogen) atoms. The number of fused-ring (bicyclic) bond motifs is 1. The van der Waals surface area contributed by atoms with Gasteiger partial charge in [0.1, 0.15) is 17.8 Å². The van der Waals surface area contributed by atoms with Gasteiger partial charge in [0.05, 0.1) is 12.7 Å². The summed E-state index contributed by atoms with van der Waals surface area (Å²) in [6.07, 6.45) is 2.37. The molecule has 0 spiro atoms. The van der Waals surface area contributed by atoms with Crippen molar-refractivity contribution in [3.8, 4) is 11.6 Å². The fraction of sp³-hybridized carbons (Fsp3) is 0.150. The summed E-state index contributed by atoms with van der Waals surface area (Å²) in [7, 11) is 1.34. The predicted molar refractivity (Wildman–Crippen MR) is 101 cm³/mol. The van der Waals surface area contributed by atoms with E-state index in [2.05, 4.69) is 31.7 Å². The Balaban J connectivity index is 1.61. The summed E-state index contributed by atoms with van der Waals surface area (Å²) in [5.41, 5.74) is 9.46. The quantitative estimate of drug-likeness (QED) is 0.712. The smallest absolute Gasteiger partial charge is 0.337 e. The minimum absolute atomic E-state index is 0.273. The lowest BCUT2D eigenvalue weighted by Gasteiger charge is -2.20. The largest absolute Gasteiger partial charge is 0.465 e. The van der Waals surface area contributed by atoms with Gasteiger partial charge in [0.2, 0.25) is 5.88 Å². The lowest BCUT2D eigenvalue weighted by molar-refractivity contribution is 0.0600. The molecule has 0 unspecified atom stereocenters. The number of rotatable bonds is 4. The summed E-state index contributed by atoms with van der Waals surface area (Å²) in [6.45, 7) is 0.799. The molecule has 0 fully saturated rings. The lowest BCUT2D eigenvalue weighted by atomic mass is 10.2. The summed E-state index contributed by atoms with van der Waals surface area (Å²) in [4.78, 5) is 22.1. The molecule has 2 aromatic carbocycles. The van der Waals surface area contributed by atoms with Gasteiger partial charge in [0, 0.05) is 12.2 Å². The van der Waals surface area contributed by atoms with Gasteiger partial charge in [-0.2, -0.15) is 4.98 Å². The van der Waals surface area contributed by atoms with Gasteiger partial charge in [-0.25, -0.2) is 9.78 Å². The van der Waals surface area contributed by atoms with E-state index in [1.165, 1.54) is 19.0 Å². The molecule has 3 aromatic rings. The topological polar surface area (TPSA) is 90.6 Å². The molecule has 0 amide bonds. The van der Waals surface area contributed by atoms with E-state index in [-0.39, 0.29) is 5.88 Å². The minimum atomic E-state index is -0.405. The average Bonchev–Trinajstić information content (AvgIpc) is 3.13. The third-order valence-electron chi connectivity index (χ3n) is 4.46. The number of nitrogens with zero attached hydrogens (tertiary/aromatic N) is 3. The van der Waals surface area contributed by atoms with Crippen molar-refractivity contribution in [2.45, 2.75) is 6.42 Å². The average molecular weight is 362 g/mol. The molecule has 0 bridgehead atoms. The van der Waals surface area contributed by atoms with E-state index in [0.717, 1.165) is 18.7 Å². The lowest BCUT2D eigenvalue weighted by Crippen LogP contribution is -2.17. The second-order valence-electron chi connectivity index (χ2n) is 6.06. The number of carbonyl (C=O) groups excluding carboxylic acids is 1. The first kappa shape index (κ1) is 16.8. The first-order valence-electron chi connectivity index (χ1n) is 8.49. The molecule has 0 atom stereocenters. The van der Waals surface area contributed by atoms with Crippen LogP contribution in [0.5, 0.6) is 11.6 Å². The normalized spacial score (nSPS) is 12.6. The second-order valence-corrected chi connectivity index (χ2v) is 6.06. The van der Waals surface area contributed by atoms with Gasteiger partial charge in [-0.3, -0.25) is 0 Å². The molecule has 0 aliphatic carbocycles. The number of benzene rings is 2. The molecular formula is C20H18N4O3. The number of methoxy groups -OCH3 is 1. The predicted octanol–water partition coefficient (Wildman–Crippen LogP) is 3.33. The molecule has 0 radical (unpaired) electrons. The van der Waals surface area contributed by atoms with E-state index in [0.29, 0.717) is 22.8 Å². The summed E-state index contributed by atoms with van der Waals surface area (Å²) < 4.78 is 10.5. The number of anilines is 3. The highest BCUT2D eigenvalue weighted by Gasteiger charge is 2.24. The van der Waals surface area contributed by atoms with Crippen molar-refractivity contribution in [1.82, 2.24) is 9.97 Å². The van der Waals surface area contributed by atoms with E-state index in [9.17, 15) is 4.79 Å². The SMILES string of the molecule is COC(=O)c1ccc(Oc2ncnc(N3CCc4ccccc43)c2N)cc1. The zero-order valence-electron chi connectivity index (χ0n) is 14.8. The van der Waals surface area contributed by atoms with Crippen molar-refractivity contribution in [3.05, 3.63) is 66.0 Å².